The molecule has 0 radical (unpaired) electrons. The summed E-state index contributed by atoms with van der Waals surface area (Å²) < 4.78 is 10.6. The minimum absolute atomic E-state index is 0. The van der Waals surface area contributed by atoms with Crippen molar-refractivity contribution in [1.82, 2.24) is 5.32 Å². The van der Waals surface area contributed by atoms with Gasteiger partial charge in [-0.2, -0.15) is 0 Å². The number of ether oxygens (including phenoxy) is 2. The number of carbonyl (C=O) groups is 1. The number of hydrogen-bond donors (Lipinski definition) is 2. The fourth-order valence-corrected chi connectivity index (χ4v) is 1.85. The summed E-state index contributed by atoms with van der Waals surface area (Å²) in [6, 6.07) is 6.86. The number of rotatable bonds is 6. The summed E-state index contributed by atoms with van der Waals surface area (Å²) in [5, 5.41) is 2.84. The molecular weight excluding hydrogens is 280 g/mol. The first-order valence-corrected chi connectivity index (χ1v) is 6.22. The van der Waals surface area contributed by atoms with Crippen LogP contribution in [0.15, 0.2) is 24.3 Å². The second kappa shape index (κ2) is 8.79. The predicted octanol–water partition coefficient (Wildman–Crippen LogP) is 1.66. The molecule has 0 heterocycles. The molecule has 0 saturated carbocycles. The maximum Gasteiger partial charge on any atom is 0.236 e. The van der Waals surface area contributed by atoms with Crippen LogP contribution >= 0.6 is 12.4 Å². The molecule has 20 heavy (non-hydrogen) atoms. The molecule has 3 unspecified atom stereocenters. The van der Waals surface area contributed by atoms with Gasteiger partial charge in [-0.1, -0.05) is 12.1 Å². The Labute approximate surface area is 126 Å². The molecule has 0 fully saturated rings. The fraction of sp³-hybridized carbons (Fsp3) is 0.500. The molecule has 1 aromatic carbocycles. The maximum atomic E-state index is 11.6. The van der Waals surface area contributed by atoms with Crippen LogP contribution in [0.5, 0.6) is 5.75 Å². The monoisotopic (exact) mass is 302 g/mol. The first-order chi connectivity index (χ1) is 8.99. The van der Waals surface area contributed by atoms with Gasteiger partial charge in [-0.05, 0) is 31.5 Å². The summed E-state index contributed by atoms with van der Waals surface area (Å²) >= 11 is 0. The zero-order valence-electron chi connectivity index (χ0n) is 12.3. The van der Waals surface area contributed by atoms with Gasteiger partial charge in [0.05, 0.1) is 19.2 Å². The van der Waals surface area contributed by atoms with E-state index in [-0.39, 0.29) is 30.5 Å². The van der Waals surface area contributed by atoms with Crippen molar-refractivity contribution in [1.29, 1.82) is 0 Å². The van der Waals surface area contributed by atoms with E-state index in [0.717, 1.165) is 11.3 Å². The third-order valence-electron chi connectivity index (χ3n) is 2.94. The molecule has 0 bridgehead atoms. The third kappa shape index (κ3) is 5.00. The van der Waals surface area contributed by atoms with E-state index in [0.29, 0.717) is 0 Å². The third-order valence-corrected chi connectivity index (χ3v) is 2.94. The molecule has 3 N–H and O–H groups in total. The molecule has 0 aliphatic rings. The number of benzene rings is 1. The molecule has 1 amide bonds. The highest BCUT2D eigenvalue weighted by molar-refractivity contribution is 5.85. The van der Waals surface area contributed by atoms with Crippen LogP contribution in [0.3, 0.4) is 0 Å². The van der Waals surface area contributed by atoms with Crippen LogP contribution in [-0.2, 0) is 9.53 Å². The van der Waals surface area contributed by atoms with Crippen LogP contribution in [0.1, 0.15) is 25.5 Å². The Balaban J connectivity index is 0.00000361. The Morgan fingerprint density at radius 2 is 1.75 bits per heavy atom. The highest BCUT2D eigenvalue weighted by atomic mass is 35.5. The lowest BCUT2D eigenvalue weighted by Gasteiger charge is -2.25. The van der Waals surface area contributed by atoms with Crippen LogP contribution in [0.4, 0.5) is 0 Å². The van der Waals surface area contributed by atoms with Crippen molar-refractivity contribution in [2.75, 3.05) is 14.2 Å². The van der Waals surface area contributed by atoms with Gasteiger partial charge in [-0.15, -0.1) is 12.4 Å². The molecule has 1 rings (SSSR count). The Kier molecular flexibility index (Phi) is 8.22. The molecule has 114 valence electrons. The van der Waals surface area contributed by atoms with Crippen molar-refractivity contribution in [3.63, 3.8) is 0 Å². The van der Waals surface area contributed by atoms with Gasteiger partial charge in [-0.3, -0.25) is 4.79 Å². The lowest BCUT2D eigenvalue weighted by atomic mass is 10.0. The minimum atomic E-state index is -0.532. The van der Waals surface area contributed by atoms with Gasteiger partial charge in [0.2, 0.25) is 5.91 Å². The SMILES string of the molecule is COc1ccc(C(OC)C(C)NC(=O)C(C)N)cc1.Cl. The number of carbonyl (C=O) groups excluding carboxylic acids is 1. The number of nitrogens with two attached hydrogens (primary N) is 1. The number of amides is 1. The Morgan fingerprint density at radius 3 is 2.15 bits per heavy atom. The van der Waals surface area contributed by atoms with Gasteiger partial charge >= 0.3 is 0 Å². The Hall–Kier alpha value is -1.30. The lowest BCUT2D eigenvalue weighted by molar-refractivity contribution is -0.123. The summed E-state index contributed by atoms with van der Waals surface area (Å²) in [5.41, 5.74) is 6.51. The predicted molar refractivity (Wildman–Crippen MR) is 81.2 cm³/mol. The quantitative estimate of drug-likeness (QED) is 0.838. The average molecular weight is 303 g/mol. The molecule has 6 heteroatoms. The summed E-state index contributed by atoms with van der Waals surface area (Å²) in [6.45, 7) is 3.54. The van der Waals surface area contributed by atoms with Crippen LogP contribution < -0.4 is 15.8 Å². The van der Waals surface area contributed by atoms with E-state index < -0.39 is 6.04 Å². The Morgan fingerprint density at radius 1 is 1.20 bits per heavy atom. The van der Waals surface area contributed by atoms with Crippen molar-refractivity contribution < 1.29 is 14.3 Å². The zero-order chi connectivity index (χ0) is 14.4. The number of nitrogens with one attached hydrogen (secondary N) is 1. The van der Waals surface area contributed by atoms with E-state index in [9.17, 15) is 4.79 Å². The van der Waals surface area contributed by atoms with Gasteiger partial charge in [0.1, 0.15) is 11.9 Å². The van der Waals surface area contributed by atoms with Crippen LogP contribution in [0.2, 0.25) is 0 Å². The van der Waals surface area contributed by atoms with Gasteiger partial charge < -0.3 is 20.5 Å². The van der Waals surface area contributed by atoms with Crippen LogP contribution in [0, 0.1) is 0 Å². The maximum absolute atomic E-state index is 11.6. The van der Waals surface area contributed by atoms with Gasteiger partial charge in [0.15, 0.2) is 0 Å². The van der Waals surface area contributed by atoms with Crippen molar-refractivity contribution in [2.45, 2.75) is 32.0 Å². The van der Waals surface area contributed by atoms with Crippen LogP contribution in [0.25, 0.3) is 0 Å². The van der Waals surface area contributed by atoms with Crippen molar-refractivity contribution >= 4 is 18.3 Å². The molecule has 0 aliphatic carbocycles. The van der Waals surface area contributed by atoms with Gasteiger partial charge in [0, 0.05) is 7.11 Å². The molecule has 0 aliphatic heterocycles. The number of methoxy groups -OCH3 is 2. The highest BCUT2D eigenvalue weighted by Crippen LogP contribution is 2.23. The summed E-state index contributed by atoms with van der Waals surface area (Å²) in [7, 11) is 3.23. The van der Waals surface area contributed by atoms with Crippen molar-refractivity contribution in [3.05, 3.63) is 29.8 Å². The highest BCUT2D eigenvalue weighted by Gasteiger charge is 2.21. The first kappa shape index (κ1) is 18.7. The van der Waals surface area contributed by atoms with E-state index >= 15 is 0 Å². The summed E-state index contributed by atoms with van der Waals surface area (Å²) in [6.07, 6.45) is -0.228. The minimum Gasteiger partial charge on any atom is -0.497 e. The number of halogens is 1. The molecule has 0 aromatic heterocycles. The van der Waals surface area contributed by atoms with E-state index in [2.05, 4.69) is 5.32 Å². The van der Waals surface area contributed by atoms with Crippen molar-refractivity contribution in [2.24, 2.45) is 5.73 Å². The zero-order valence-corrected chi connectivity index (χ0v) is 13.1. The molecular formula is C14H23ClN2O3. The second-order valence-electron chi connectivity index (χ2n) is 4.52. The van der Waals surface area contributed by atoms with Crippen molar-refractivity contribution in [3.8, 4) is 5.75 Å². The van der Waals surface area contributed by atoms with Crippen LogP contribution in [-0.4, -0.2) is 32.2 Å². The fourth-order valence-electron chi connectivity index (χ4n) is 1.85. The molecule has 3 atom stereocenters. The molecule has 1 aromatic rings. The summed E-state index contributed by atoms with van der Waals surface area (Å²) in [5.74, 6) is 0.592. The van der Waals surface area contributed by atoms with Gasteiger partial charge in [0.25, 0.3) is 0 Å². The Bertz CT molecular complexity index is 409. The standard InChI is InChI=1S/C14H22N2O3.ClH/c1-9(15)14(17)16-10(2)13(19-4)11-5-7-12(18-3)8-6-11;/h5-10,13H,15H2,1-4H3,(H,16,17);1H. The van der Waals surface area contributed by atoms with E-state index in [1.54, 1.807) is 21.1 Å². The first-order valence-electron chi connectivity index (χ1n) is 6.22. The van der Waals surface area contributed by atoms with Gasteiger partial charge in [-0.25, -0.2) is 0 Å². The molecule has 0 saturated heterocycles. The number of hydrogen-bond acceptors (Lipinski definition) is 4. The summed E-state index contributed by atoms with van der Waals surface area (Å²) in [4.78, 5) is 11.6. The topological polar surface area (TPSA) is 73.6 Å². The lowest BCUT2D eigenvalue weighted by Crippen LogP contribution is -2.45. The largest absolute Gasteiger partial charge is 0.497 e. The van der Waals surface area contributed by atoms with E-state index in [1.807, 2.05) is 31.2 Å². The second-order valence-corrected chi connectivity index (χ2v) is 4.52. The average Bonchev–Trinajstić information content (AvgIpc) is 2.40. The smallest absolute Gasteiger partial charge is 0.236 e. The molecule has 5 nitrogen and oxygen atoms in total. The molecule has 0 spiro atoms. The van der Waals surface area contributed by atoms with E-state index in [1.165, 1.54) is 0 Å². The van der Waals surface area contributed by atoms with E-state index in [4.69, 9.17) is 15.2 Å². The normalized spacial score (nSPS) is 14.7.